The van der Waals surface area contributed by atoms with Crippen molar-refractivity contribution in [3.63, 3.8) is 0 Å². The summed E-state index contributed by atoms with van der Waals surface area (Å²) >= 11 is 0. The van der Waals surface area contributed by atoms with Crippen LogP contribution in [-0.4, -0.2) is 23.5 Å². The van der Waals surface area contributed by atoms with E-state index in [-0.39, 0.29) is 12.3 Å². The van der Waals surface area contributed by atoms with E-state index >= 15 is 0 Å². The first-order valence-corrected chi connectivity index (χ1v) is 7.21. The smallest absolute Gasteiger partial charge is 0.303 e. The lowest BCUT2D eigenvalue weighted by Gasteiger charge is -2.04. The molecule has 0 radical (unpaired) electrons. The first-order valence-electron chi connectivity index (χ1n) is 7.21. The van der Waals surface area contributed by atoms with Crippen LogP contribution in [0.2, 0.25) is 0 Å². The molecule has 1 aromatic carbocycles. The summed E-state index contributed by atoms with van der Waals surface area (Å²) in [6, 6.07) is 10.3. The number of aliphatic carboxylic acids is 1. The zero-order valence-corrected chi connectivity index (χ0v) is 11.8. The van der Waals surface area contributed by atoms with Crippen molar-refractivity contribution < 1.29 is 14.7 Å². The fraction of sp³-hybridized carbons (Fsp3) is 0.500. The minimum Gasteiger partial charge on any atom is -0.481 e. The lowest BCUT2D eigenvalue weighted by molar-refractivity contribution is -0.137. The van der Waals surface area contributed by atoms with Crippen LogP contribution in [0.5, 0.6) is 0 Å². The van der Waals surface area contributed by atoms with Crippen molar-refractivity contribution in [2.45, 2.75) is 44.9 Å². The zero-order chi connectivity index (χ0) is 14.6. The summed E-state index contributed by atoms with van der Waals surface area (Å²) in [4.78, 5) is 21.8. The van der Waals surface area contributed by atoms with Crippen molar-refractivity contribution in [2.24, 2.45) is 0 Å². The molecule has 0 fully saturated rings. The molecular weight excluding hydrogens is 254 g/mol. The summed E-state index contributed by atoms with van der Waals surface area (Å²) in [5.74, 6) is -0.796. The van der Waals surface area contributed by atoms with Gasteiger partial charge in [-0.1, -0.05) is 36.8 Å². The molecule has 0 unspecified atom stereocenters. The second-order valence-corrected chi connectivity index (χ2v) is 4.89. The Morgan fingerprint density at radius 2 is 1.70 bits per heavy atom. The predicted molar refractivity (Wildman–Crippen MR) is 78.5 cm³/mol. The molecule has 0 aliphatic heterocycles. The van der Waals surface area contributed by atoms with Gasteiger partial charge in [-0.15, -0.1) is 0 Å². The van der Waals surface area contributed by atoms with Crippen molar-refractivity contribution in [3.05, 3.63) is 35.9 Å². The highest BCUT2D eigenvalue weighted by Gasteiger charge is 2.02. The molecule has 0 heterocycles. The van der Waals surface area contributed by atoms with E-state index in [2.05, 4.69) is 17.4 Å². The SMILES string of the molecule is O=C(O)CCCNC(=O)CCCCCc1ccccc1. The number of carboxylic acids is 1. The van der Waals surface area contributed by atoms with Gasteiger partial charge in [-0.3, -0.25) is 9.59 Å². The third-order valence-corrected chi connectivity index (χ3v) is 3.10. The van der Waals surface area contributed by atoms with E-state index in [4.69, 9.17) is 5.11 Å². The fourth-order valence-electron chi connectivity index (χ4n) is 1.99. The molecule has 20 heavy (non-hydrogen) atoms. The van der Waals surface area contributed by atoms with Gasteiger partial charge in [0.1, 0.15) is 0 Å². The van der Waals surface area contributed by atoms with Crippen LogP contribution < -0.4 is 5.32 Å². The molecule has 1 rings (SSSR count). The van der Waals surface area contributed by atoms with Crippen LogP contribution in [0.4, 0.5) is 0 Å². The highest BCUT2D eigenvalue weighted by atomic mass is 16.4. The topological polar surface area (TPSA) is 66.4 Å². The third kappa shape index (κ3) is 8.29. The van der Waals surface area contributed by atoms with Crippen LogP contribution in [0.3, 0.4) is 0 Å². The Kier molecular flexibility index (Phi) is 8.11. The molecule has 0 aromatic heterocycles. The van der Waals surface area contributed by atoms with E-state index in [9.17, 15) is 9.59 Å². The summed E-state index contributed by atoms with van der Waals surface area (Å²) in [6.07, 6.45) is 5.21. The number of aryl methyl sites for hydroxylation is 1. The summed E-state index contributed by atoms with van der Waals surface area (Å²) in [7, 11) is 0. The normalized spacial score (nSPS) is 10.2. The third-order valence-electron chi connectivity index (χ3n) is 3.10. The Morgan fingerprint density at radius 3 is 2.40 bits per heavy atom. The number of carbonyl (C=O) groups excluding carboxylic acids is 1. The Hall–Kier alpha value is -1.84. The van der Waals surface area contributed by atoms with Gasteiger partial charge >= 0.3 is 5.97 Å². The molecule has 1 amide bonds. The van der Waals surface area contributed by atoms with Crippen LogP contribution in [-0.2, 0) is 16.0 Å². The van der Waals surface area contributed by atoms with E-state index in [1.807, 2.05) is 18.2 Å². The van der Waals surface area contributed by atoms with Gasteiger partial charge in [0.15, 0.2) is 0 Å². The Labute approximate surface area is 120 Å². The number of carboxylic acid groups (broad SMARTS) is 1. The quantitative estimate of drug-likeness (QED) is 0.646. The predicted octanol–water partition coefficient (Wildman–Crippen LogP) is 2.77. The van der Waals surface area contributed by atoms with E-state index in [0.29, 0.717) is 19.4 Å². The summed E-state index contributed by atoms with van der Waals surface area (Å²) < 4.78 is 0. The van der Waals surface area contributed by atoms with E-state index < -0.39 is 5.97 Å². The van der Waals surface area contributed by atoms with Gasteiger partial charge in [0.2, 0.25) is 5.91 Å². The minimum absolute atomic E-state index is 0.0232. The van der Waals surface area contributed by atoms with Gasteiger partial charge in [0.25, 0.3) is 0 Å². The molecule has 0 spiro atoms. The zero-order valence-electron chi connectivity index (χ0n) is 11.8. The summed E-state index contributed by atoms with van der Waals surface area (Å²) in [6.45, 7) is 0.454. The van der Waals surface area contributed by atoms with Gasteiger partial charge in [-0.05, 0) is 31.2 Å². The van der Waals surface area contributed by atoms with Crippen molar-refractivity contribution in [1.29, 1.82) is 0 Å². The second-order valence-electron chi connectivity index (χ2n) is 4.89. The Morgan fingerprint density at radius 1 is 0.950 bits per heavy atom. The van der Waals surface area contributed by atoms with E-state index in [1.165, 1.54) is 5.56 Å². The van der Waals surface area contributed by atoms with Crippen LogP contribution in [0.25, 0.3) is 0 Å². The van der Waals surface area contributed by atoms with E-state index in [0.717, 1.165) is 25.7 Å². The molecule has 110 valence electrons. The first kappa shape index (κ1) is 16.2. The lowest BCUT2D eigenvalue weighted by atomic mass is 10.1. The Balaban J connectivity index is 1.95. The number of hydrogen-bond acceptors (Lipinski definition) is 2. The van der Waals surface area contributed by atoms with E-state index in [1.54, 1.807) is 0 Å². The minimum atomic E-state index is -0.819. The standard InChI is InChI=1S/C16H23NO3/c18-15(17-13-7-12-16(19)20)11-6-2-5-10-14-8-3-1-4-9-14/h1,3-4,8-9H,2,5-7,10-13H2,(H,17,18)(H,19,20). The van der Waals surface area contributed by atoms with Gasteiger partial charge in [0, 0.05) is 19.4 Å². The summed E-state index contributed by atoms with van der Waals surface area (Å²) in [5.41, 5.74) is 1.34. The molecule has 2 N–H and O–H groups in total. The van der Waals surface area contributed by atoms with Gasteiger partial charge in [0.05, 0.1) is 0 Å². The van der Waals surface area contributed by atoms with Crippen molar-refractivity contribution in [2.75, 3.05) is 6.54 Å². The maximum Gasteiger partial charge on any atom is 0.303 e. The molecule has 4 nitrogen and oxygen atoms in total. The van der Waals surface area contributed by atoms with Crippen LogP contribution >= 0.6 is 0 Å². The highest BCUT2D eigenvalue weighted by Crippen LogP contribution is 2.07. The molecule has 0 aliphatic carbocycles. The van der Waals surface area contributed by atoms with Gasteiger partial charge in [-0.25, -0.2) is 0 Å². The molecule has 0 saturated heterocycles. The Bertz CT molecular complexity index is 403. The van der Waals surface area contributed by atoms with Crippen LogP contribution in [0.1, 0.15) is 44.1 Å². The van der Waals surface area contributed by atoms with Gasteiger partial charge in [-0.2, -0.15) is 0 Å². The van der Waals surface area contributed by atoms with Crippen molar-refractivity contribution in [1.82, 2.24) is 5.32 Å². The molecule has 0 aliphatic rings. The van der Waals surface area contributed by atoms with Crippen molar-refractivity contribution >= 4 is 11.9 Å². The fourth-order valence-corrected chi connectivity index (χ4v) is 1.99. The molecule has 0 bridgehead atoms. The number of benzene rings is 1. The monoisotopic (exact) mass is 277 g/mol. The number of amides is 1. The molecule has 1 aromatic rings. The van der Waals surface area contributed by atoms with Gasteiger partial charge < -0.3 is 10.4 Å². The lowest BCUT2D eigenvalue weighted by Crippen LogP contribution is -2.24. The molecule has 0 atom stereocenters. The average Bonchev–Trinajstić information content (AvgIpc) is 2.44. The number of rotatable bonds is 10. The number of hydrogen-bond donors (Lipinski definition) is 2. The number of nitrogens with one attached hydrogen (secondary N) is 1. The first-order chi connectivity index (χ1) is 9.68. The highest BCUT2D eigenvalue weighted by molar-refractivity contribution is 5.75. The van der Waals surface area contributed by atoms with Crippen LogP contribution in [0.15, 0.2) is 30.3 Å². The molecular formula is C16H23NO3. The number of carbonyl (C=O) groups is 2. The second kappa shape index (κ2) is 10.0. The maximum atomic E-state index is 11.5. The molecule has 4 heteroatoms. The molecule has 0 saturated carbocycles. The summed E-state index contributed by atoms with van der Waals surface area (Å²) in [5, 5.41) is 11.2. The van der Waals surface area contributed by atoms with Crippen LogP contribution in [0, 0.1) is 0 Å². The average molecular weight is 277 g/mol. The van der Waals surface area contributed by atoms with Crippen molar-refractivity contribution in [3.8, 4) is 0 Å². The largest absolute Gasteiger partial charge is 0.481 e. The number of unbranched alkanes of at least 4 members (excludes halogenated alkanes) is 2. The maximum absolute atomic E-state index is 11.5.